The van der Waals surface area contributed by atoms with Crippen LogP contribution < -0.4 is 5.32 Å². The van der Waals surface area contributed by atoms with Gasteiger partial charge in [-0.3, -0.25) is 4.79 Å². The van der Waals surface area contributed by atoms with Crippen LogP contribution in [-0.4, -0.2) is 49.9 Å². The maximum atomic E-state index is 12.6. The standard InChI is InChI=1S/C21H24N2O6S/c1-29-21(26)17-8-5-9-18(19(17)24)22-20(25)16-10-12-23(13-11-16)30(27,28)14-15-6-3-2-4-7-15/h2-9,16,24H,10-14H2,1H3,(H,22,25). The number of hydrogen-bond acceptors (Lipinski definition) is 6. The number of methoxy groups -OCH3 is 1. The molecule has 0 bridgehead atoms. The van der Waals surface area contributed by atoms with Gasteiger partial charge in [0.2, 0.25) is 15.9 Å². The molecule has 160 valence electrons. The predicted octanol–water partition coefficient (Wildman–Crippen LogP) is 2.36. The first-order chi connectivity index (χ1) is 14.3. The summed E-state index contributed by atoms with van der Waals surface area (Å²) in [5.74, 6) is -1.86. The summed E-state index contributed by atoms with van der Waals surface area (Å²) in [5, 5.41) is 12.9. The van der Waals surface area contributed by atoms with Crippen LogP contribution in [-0.2, 0) is 25.3 Å². The number of phenols is 1. The first kappa shape index (κ1) is 21.8. The second kappa shape index (κ2) is 9.27. The molecule has 1 heterocycles. The Balaban J connectivity index is 1.60. The zero-order chi connectivity index (χ0) is 21.7. The van der Waals surface area contributed by atoms with Crippen molar-refractivity contribution < 1.29 is 27.9 Å². The smallest absolute Gasteiger partial charge is 0.341 e. The van der Waals surface area contributed by atoms with E-state index in [1.165, 1.54) is 29.6 Å². The number of anilines is 1. The number of amides is 1. The lowest BCUT2D eigenvalue weighted by Crippen LogP contribution is -2.41. The number of esters is 1. The maximum Gasteiger partial charge on any atom is 0.341 e. The normalized spacial score (nSPS) is 15.5. The largest absolute Gasteiger partial charge is 0.505 e. The van der Waals surface area contributed by atoms with Gasteiger partial charge < -0.3 is 15.2 Å². The number of benzene rings is 2. The van der Waals surface area contributed by atoms with E-state index in [-0.39, 0.29) is 41.7 Å². The summed E-state index contributed by atoms with van der Waals surface area (Å²) in [7, 11) is -2.26. The SMILES string of the molecule is COC(=O)c1cccc(NC(=O)C2CCN(S(=O)(=O)Cc3ccccc3)CC2)c1O. The molecule has 3 rings (SSSR count). The van der Waals surface area contributed by atoms with Crippen LogP contribution in [0.5, 0.6) is 5.75 Å². The molecule has 2 aromatic carbocycles. The summed E-state index contributed by atoms with van der Waals surface area (Å²) in [4.78, 5) is 24.3. The first-order valence-electron chi connectivity index (χ1n) is 9.54. The summed E-state index contributed by atoms with van der Waals surface area (Å²) in [6.45, 7) is 0.503. The number of rotatable bonds is 6. The Hall–Kier alpha value is -2.91. The number of ether oxygens (including phenoxy) is 1. The van der Waals surface area contributed by atoms with Crippen LogP contribution >= 0.6 is 0 Å². The summed E-state index contributed by atoms with van der Waals surface area (Å²) in [6.07, 6.45) is 0.745. The molecule has 30 heavy (non-hydrogen) atoms. The van der Waals surface area contributed by atoms with Crippen molar-refractivity contribution in [3.05, 3.63) is 59.7 Å². The van der Waals surface area contributed by atoms with Gasteiger partial charge in [0.05, 0.1) is 18.6 Å². The average molecular weight is 432 g/mol. The highest BCUT2D eigenvalue weighted by Crippen LogP contribution is 2.30. The number of phenolic OH excluding ortho intramolecular Hbond substituents is 1. The van der Waals surface area contributed by atoms with Gasteiger partial charge >= 0.3 is 5.97 Å². The van der Waals surface area contributed by atoms with Gasteiger partial charge in [-0.15, -0.1) is 0 Å². The number of nitrogens with zero attached hydrogens (tertiary/aromatic N) is 1. The first-order valence-corrected chi connectivity index (χ1v) is 11.2. The second-order valence-electron chi connectivity index (χ2n) is 7.10. The molecule has 1 saturated heterocycles. The van der Waals surface area contributed by atoms with Crippen molar-refractivity contribution in [3.63, 3.8) is 0 Å². The van der Waals surface area contributed by atoms with E-state index in [1.807, 2.05) is 6.07 Å². The highest BCUT2D eigenvalue weighted by atomic mass is 32.2. The second-order valence-corrected chi connectivity index (χ2v) is 9.07. The van der Waals surface area contributed by atoms with E-state index >= 15 is 0 Å². The van der Waals surface area contributed by atoms with E-state index in [2.05, 4.69) is 10.1 Å². The number of sulfonamides is 1. The molecule has 1 amide bonds. The van der Waals surface area contributed by atoms with Gasteiger partial charge in [-0.1, -0.05) is 36.4 Å². The number of carbonyl (C=O) groups is 2. The molecule has 0 saturated carbocycles. The third kappa shape index (κ3) is 4.98. The summed E-state index contributed by atoms with van der Waals surface area (Å²) in [5.41, 5.74) is 0.789. The van der Waals surface area contributed by atoms with Crippen molar-refractivity contribution in [2.75, 3.05) is 25.5 Å². The molecule has 2 N–H and O–H groups in total. The fraction of sp³-hybridized carbons (Fsp3) is 0.333. The van der Waals surface area contributed by atoms with Gasteiger partial charge in [0.1, 0.15) is 5.56 Å². The molecule has 8 nitrogen and oxygen atoms in total. The number of piperidine rings is 1. The summed E-state index contributed by atoms with van der Waals surface area (Å²) >= 11 is 0. The van der Waals surface area contributed by atoms with Gasteiger partial charge in [0.15, 0.2) is 5.75 Å². The Morgan fingerprint density at radius 2 is 1.77 bits per heavy atom. The molecule has 0 aromatic heterocycles. The Labute approximate surface area is 175 Å². The van der Waals surface area contributed by atoms with Crippen LogP contribution in [0.15, 0.2) is 48.5 Å². The molecule has 1 aliphatic heterocycles. The van der Waals surface area contributed by atoms with Crippen molar-refractivity contribution in [1.82, 2.24) is 4.31 Å². The van der Waals surface area contributed by atoms with Gasteiger partial charge in [-0.2, -0.15) is 0 Å². The minimum atomic E-state index is -3.46. The van der Waals surface area contributed by atoms with Crippen LogP contribution in [0, 0.1) is 5.92 Å². The van der Waals surface area contributed by atoms with Crippen LogP contribution in [0.3, 0.4) is 0 Å². The molecule has 1 fully saturated rings. The van der Waals surface area contributed by atoms with E-state index in [9.17, 15) is 23.1 Å². The van der Waals surface area contributed by atoms with E-state index < -0.39 is 21.9 Å². The topological polar surface area (TPSA) is 113 Å². The molecule has 0 aliphatic carbocycles. The number of nitrogens with one attached hydrogen (secondary N) is 1. The van der Waals surface area contributed by atoms with E-state index in [0.717, 1.165) is 5.56 Å². The van der Waals surface area contributed by atoms with E-state index in [1.54, 1.807) is 24.3 Å². The van der Waals surface area contributed by atoms with Gasteiger partial charge in [-0.25, -0.2) is 17.5 Å². The number of hydrogen-bond donors (Lipinski definition) is 2. The predicted molar refractivity (Wildman–Crippen MR) is 111 cm³/mol. The van der Waals surface area contributed by atoms with E-state index in [0.29, 0.717) is 12.8 Å². The zero-order valence-corrected chi connectivity index (χ0v) is 17.4. The molecule has 0 spiro atoms. The van der Waals surface area contributed by atoms with Crippen LogP contribution in [0.1, 0.15) is 28.8 Å². The molecule has 2 aromatic rings. The third-order valence-electron chi connectivity index (χ3n) is 5.11. The van der Waals surface area contributed by atoms with Crippen molar-refractivity contribution in [3.8, 4) is 5.75 Å². The molecular weight excluding hydrogens is 408 g/mol. The lowest BCUT2D eigenvalue weighted by Gasteiger charge is -2.30. The maximum absolute atomic E-state index is 12.6. The van der Waals surface area contributed by atoms with Crippen LogP contribution in [0.25, 0.3) is 0 Å². The summed E-state index contributed by atoms with van der Waals surface area (Å²) in [6, 6.07) is 13.4. The highest BCUT2D eigenvalue weighted by molar-refractivity contribution is 7.88. The molecule has 0 atom stereocenters. The lowest BCUT2D eigenvalue weighted by molar-refractivity contribution is -0.120. The van der Waals surface area contributed by atoms with E-state index in [4.69, 9.17) is 0 Å². The zero-order valence-electron chi connectivity index (χ0n) is 16.6. The quantitative estimate of drug-likeness (QED) is 0.535. The number of para-hydroxylation sites is 1. The van der Waals surface area contributed by atoms with Crippen molar-refractivity contribution in [2.24, 2.45) is 5.92 Å². The van der Waals surface area contributed by atoms with Gasteiger partial charge in [0.25, 0.3) is 0 Å². The van der Waals surface area contributed by atoms with Crippen LogP contribution in [0.2, 0.25) is 0 Å². The molecule has 0 radical (unpaired) electrons. The fourth-order valence-corrected chi connectivity index (χ4v) is 4.99. The van der Waals surface area contributed by atoms with Crippen molar-refractivity contribution in [1.29, 1.82) is 0 Å². The Morgan fingerprint density at radius 3 is 2.40 bits per heavy atom. The van der Waals surface area contributed by atoms with Gasteiger partial charge in [0, 0.05) is 19.0 Å². The third-order valence-corrected chi connectivity index (χ3v) is 6.96. The minimum Gasteiger partial charge on any atom is -0.505 e. The molecule has 1 aliphatic rings. The fourth-order valence-electron chi connectivity index (χ4n) is 3.43. The Kier molecular flexibility index (Phi) is 6.73. The Morgan fingerprint density at radius 1 is 1.10 bits per heavy atom. The molecular formula is C21H24N2O6S. The van der Waals surface area contributed by atoms with Gasteiger partial charge in [-0.05, 0) is 30.5 Å². The lowest BCUT2D eigenvalue weighted by atomic mass is 9.97. The van der Waals surface area contributed by atoms with Crippen LogP contribution in [0.4, 0.5) is 5.69 Å². The van der Waals surface area contributed by atoms with Crippen molar-refractivity contribution in [2.45, 2.75) is 18.6 Å². The molecule has 9 heteroatoms. The average Bonchev–Trinajstić information content (AvgIpc) is 2.75. The van der Waals surface area contributed by atoms with Crippen molar-refractivity contribution >= 4 is 27.6 Å². The monoisotopic (exact) mass is 432 g/mol. The minimum absolute atomic E-state index is 0.0443. The highest BCUT2D eigenvalue weighted by Gasteiger charge is 2.31. The number of aromatic hydroxyl groups is 1. The number of carbonyl (C=O) groups excluding carboxylic acids is 2. The Bertz CT molecular complexity index is 1020. The summed E-state index contributed by atoms with van der Waals surface area (Å²) < 4.78 is 31.3. The molecule has 0 unspecified atom stereocenters.